The van der Waals surface area contributed by atoms with Gasteiger partial charge in [-0.05, 0) is 55.7 Å². The minimum absolute atomic E-state index is 0.0791. The molecule has 0 fully saturated rings. The van der Waals surface area contributed by atoms with E-state index in [-0.39, 0.29) is 5.78 Å². The first kappa shape index (κ1) is 16.7. The first-order valence-electron chi connectivity index (χ1n) is 8.90. The number of carbonyl (C=O) groups is 1. The quantitative estimate of drug-likeness (QED) is 0.722. The molecule has 0 aliphatic carbocycles. The van der Waals surface area contributed by atoms with E-state index in [2.05, 4.69) is 41.6 Å². The molecule has 0 spiro atoms. The molecule has 0 saturated carbocycles. The smallest absolute Gasteiger partial charge is 0.159 e. The molecule has 2 aromatic carbocycles. The van der Waals surface area contributed by atoms with Crippen molar-refractivity contribution in [1.29, 1.82) is 0 Å². The maximum atomic E-state index is 11.8. The van der Waals surface area contributed by atoms with Gasteiger partial charge in [-0.1, -0.05) is 12.1 Å². The van der Waals surface area contributed by atoms with Crippen LogP contribution in [0.1, 0.15) is 42.3 Å². The zero-order valence-electron chi connectivity index (χ0n) is 15.7. The van der Waals surface area contributed by atoms with Gasteiger partial charge in [0.15, 0.2) is 5.78 Å². The highest BCUT2D eigenvalue weighted by Crippen LogP contribution is 2.35. The number of hydrogen-bond donors (Lipinski definition) is 1. The largest absolute Gasteiger partial charge is 0.343 e. The van der Waals surface area contributed by atoms with Crippen LogP contribution < -0.4 is 5.73 Å². The molecule has 1 aliphatic rings. The van der Waals surface area contributed by atoms with E-state index in [1.54, 1.807) is 6.92 Å². The fourth-order valence-electron chi connectivity index (χ4n) is 4.13. The molecule has 4 rings (SSSR count). The van der Waals surface area contributed by atoms with Crippen LogP contribution in [0.25, 0.3) is 27.4 Å². The highest BCUT2D eigenvalue weighted by Gasteiger charge is 2.19. The van der Waals surface area contributed by atoms with Gasteiger partial charge in [-0.3, -0.25) is 9.79 Å². The Morgan fingerprint density at radius 2 is 1.96 bits per heavy atom. The Morgan fingerprint density at radius 3 is 2.58 bits per heavy atom. The second-order valence-electron chi connectivity index (χ2n) is 7.14. The molecule has 0 amide bonds. The maximum Gasteiger partial charge on any atom is 0.159 e. The minimum Gasteiger partial charge on any atom is -0.343 e. The van der Waals surface area contributed by atoms with Crippen LogP contribution in [0.2, 0.25) is 0 Å². The predicted molar refractivity (Wildman–Crippen MR) is 109 cm³/mol. The van der Waals surface area contributed by atoms with Gasteiger partial charge >= 0.3 is 0 Å². The Labute approximate surface area is 153 Å². The molecule has 1 aromatic heterocycles. The molecule has 3 aromatic rings. The number of ketones is 1. The van der Waals surface area contributed by atoms with Crippen molar-refractivity contribution in [1.82, 2.24) is 4.57 Å². The number of carbonyl (C=O) groups excluding carboxylic acids is 1. The van der Waals surface area contributed by atoms with Crippen LogP contribution in [0.3, 0.4) is 0 Å². The molecule has 0 atom stereocenters. The number of benzene rings is 2. The third-order valence-electron chi connectivity index (χ3n) is 5.43. The second kappa shape index (κ2) is 5.92. The van der Waals surface area contributed by atoms with Gasteiger partial charge in [-0.2, -0.15) is 0 Å². The third kappa shape index (κ3) is 2.33. The van der Waals surface area contributed by atoms with E-state index in [1.807, 2.05) is 19.2 Å². The van der Waals surface area contributed by atoms with Crippen LogP contribution in [0.4, 0.5) is 0 Å². The van der Waals surface area contributed by atoms with Crippen molar-refractivity contribution in [2.75, 3.05) is 6.54 Å². The third-order valence-corrected chi connectivity index (χ3v) is 5.43. The number of fused-ring (bicyclic) bond motifs is 3. The summed E-state index contributed by atoms with van der Waals surface area (Å²) in [6, 6.07) is 10.4. The lowest BCUT2D eigenvalue weighted by atomic mass is 9.94. The Morgan fingerprint density at radius 1 is 1.19 bits per heavy atom. The zero-order chi connectivity index (χ0) is 18.6. The highest BCUT2D eigenvalue weighted by molar-refractivity contribution is 6.26. The monoisotopic (exact) mass is 345 g/mol. The van der Waals surface area contributed by atoms with Crippen molar-refractivity contribution in [3.05, 3.63) is 52.6 Å². The van der Waals surface area contributed by atoms with Gasteiger partial charge in [0, 0.05) is 46.7 Å². The topological polar surface area (TPSA) is 60.4 Å². The molecule has 0 unspecified atom stereocenters. The summed E-state index contributed by atoms with van der Waals surface area (Å²) < 4.78 is 2.15. The average Bonchev–Trinajstić information content (AvgIpc) is 3.11. The number of nitrogens with zero attached hydrogens (tertiary/aromatic N) is 2. The molecule has 0 bridgehead atoms. The van der Waals surface area contributed by atoms with Crippen LogP contribution in [-0.2, 0) is 13.6 Å². The summed E-state index contributed by atoms with van der Waals surface area (Å²) in [6.07, 6.45) is 0. The fraction of sp³-hybridized carbons (Fsp3) is 0.273. The molecular formula is C22H23N3O. The fourth-order valence-corrected chi connectivity index (χ4v) is 4.13. The lowest BCUT2D eigenvalue weighted by molar-refractivity contribution is 0.101. The van der Waals surface area contributed by atoms with Crippen LogP contribution in [0.15, 0.2) is 40.9 Å². The van der Waals surface area contributed by atoms with Gasteiger partial charge < -0.3 is 10.3 Å². The first-order valence-corrected chi connectivity index (χ1v) is 8.90. The van der Waals surface area contributed by atoms with E-state index in [0.717, 1.165) is 39.8 Å². The summed E-state index contributed by atoms with van der Waals surface area (Å²) in [7, 11) is 2.04. The van der Waals surface area contributed by atoms with E-state index in [9.17, 15) is 4.79 Å². The Hall–Kier alpha value is -2.72. The van der Waals surface area contributed by atoms with Gasteiger partial charge in [0.25, 0.3) is 0 Å². The summed E-state index contributed by atoms with van der Waals surface area (Å²) >= 11 is 0. The van der Waals surface area contributed by atoms with Crippen molar-refractivity contribution in [2.24, 2.45) is 17.8 Å². The molecule has 4 heteroatoms. The standard InChI is InChI=1S/C22H23N3O/c1-12-11-24-13(2)21(12)16-7-17(10-23)22-19(8-16)18-6-5-15(14(3)26)9-20(18)25(22)4/h5-9H,10-11,23H2,1-4H3. The normalized spacial score (nSPS) is 14.6. The molecule has 1 aliphatic heterocycles. The minimum atomic E-state index is 0.0791. The van der Waals surface area contributed by atoms with Crippen LogP contribution in [-0.4, -0.2) is 22.6 Å². The van der Waals surface area contributed by atoms with Crippen LogP contribution in [0, 0.1) is 0 Å². The average molecular weight is 345 g/mol. The van der Waals surface area contributed by atoms with E-state index >= 15 is 0 Å². The van der Waals surface area contributed by atoms with Crippen molar-refractivity contribution in [2.45, 2.75) is 27.3 Å². The lowest BCUT2D eigenvalue weighted by Gasteiger charge is -2.11. The van der Waals surface area contributed by atoms with Gasteiger partial charge in [0.2, 0.25) is 0 Å². The number of Topliss-reactive ketones (excluding diaryl/α,β-unsaturated/α-hetero) is 1. The lowest BCUT2D eigenvalue weighted by Crippen LogP contribution is -2.03. The number of aryl methyl sites for hydroxylation is 1. The number of hydrogen-bond acceptors (Lipinski definition) is 3. The number of allylic oxidation sites excluding steroid dienone is 1. The Bertz CT molecular complexity index is 1150. The molecule has 4 nitrogen and oxygen atoms in total. The highest BCUT2D eigenvalue weighted by atomic mass is 16.1. The molecule has 132 valence electrons. The summed E-state index contributed by atoms with van der Waals surface area (Å²) in [5.41, 5.74) is 14.9. The maximum absolute atomic E-state index is 11.8. The van der Waals surface area contributed by atoms with E-state index in [4.69, 9.17) is 5.73 Å². The molecular weight excluding hydrogens is 322 g/mol. The number of aliphatic imine (C=N–C) groups is 1. The van der Waals surface area contributed by atoms with Gasteiger partial charge in [0.05, 0.1) is 12.1 Å². The summed E-state index contributed by atoms with van der Waals surface area (Å²) in [6.45, 7) is 7.06. The van der Waals surface area contributed by atoms with Crippen LogP contribution >= 0.6 is 0 Å². The van der Waals surface area contributed by atoms with Crippen molar-refractivity contribution in [3.8, 4) is 0 Å². The Kier molecular flexibility index (Phi) is 3.81. The summed E-state index contributed by atoms with van der Waals surface area (Å²) in [5, 5.41) is 2.32. The van der Waals surface area contributed by atoms with Gasteiger partial charge in [-0.15, -0.1) is 0 Å². The van der Waals surface area contributed by atoms with Crippen molar-refractivity contribution < 1.29 is 4.79 Å². The van der Waals surface area contributed by atoms with E-state index < -0.39 is 0 Å². The number of nitrogens with two attached hydrogens (primary N) is 1. The van der Waals surface area contributed by atoms with Gasteiger partial charge in [0.1, 0.15) is 0 Å². The van der Waals surface area contributed by atoms with Crippen molar-refractivity contribution in [3.63, 3.8) is 0 Å². The molecule has 0 saturated heterocycles. The van der Waals surface area contributed by atoms with Gasteiger partial charge in [-0.25, -0.2) is 0 Å². The first-order chi connectivity index (χ1) is 12.4. The SMILES string of the molecule is CC(=O)c1ccc2c3cc(C4=C(C)CN=C4C)cc(CN)c3n(C)c2c1. The molecule has 2 heterocycles. The molecule has 0 radical (unpaired) electrons. The predicted octanol–water partition coefficient (Wildman–Crippen LogP) is 4.24. The zero-order valence-corrected chi connectivity index (χ0v) is 15.7. The number of aromatic nitrogens is 1. The Balaban J connectivity index is 2.09. The molecule has 26 heavy (non-hydrogen) atoms. The summed E-state index contributed by atoms with van der Waals surface area (Å²) in [4.78, 5) is 16.4. The van der Waals surface area contributed by atoms with E-state index in [1.165, 1.54) is 22.1 Å². The summed E-state index contributed by atoms with van der Waals surface area (Å²) in [5.74, 6) is 0.0791. The van der Waals surface area contributed by atoms with E-state index in [0.29, 0.717) is 6.54 Å². The second-order valence-corrected chi connectivity index (χ2v) is 7.14. The van der Waals surface area contributed by atoms with Crippen LogP contribution in [0.5, 0.6) is 0 Å². The molecule has 2 N–H and O–H groups in total. The van der Waals surface area contributed by atoms with Crippen molar-refractivity contribution >= 4 is 38.9 Å². The number of rotatable bonds is 3.